The Kier molecular flexibility index (Phi) is 7.32. The second-order valence-electron chi connectivity index (χ2n) is 9.40. The number of carbonyl (C=O) groups excluding carboxylic acids is 1. The topological polar surface area (TPSA) is 50.6 Å². The number of nitrogens with zero attached hydrogens (tertiary/aromatic N) is 4. The minimum absolute atomic E-state index is 0.0508. The molecule has 7 heteroatoms. The smallest absolute Gasteiger partial charge is 0.253 e. The molecule has 4 aromatic rings. The van der Waals surface area contributed by atoms with Crippen LogP contribution in [-0.4, -0.2) is 51.7 Å². The van der Waals surface area contributed by atoms with E-state index in [0.29, 0.717) is 31.0 Å². The van der Waals surface area contributed by atoms with E-state index >= 15 is 0 Å². The first-order valence-electron chi connectivity index (χ1n) is 12.6. The molecule has 0 radical (unpaired) electrons. The van der Waals surface area contributed by atoms with Gasteiger partial charge in [-0.15, -0.1) is 0 Å². The Bertz CT molecular complexity index is 1340. The van der Waals surface area contributed by atoms with Gasteiger partial charge in [0.1, 0.15) is 18.2 Å². The highest BCUT2D eigenvalue weighted by atomic mass is 19.1. The number of ether oxygens (including phenoxy) is 1. The van der Waals surface area contributed by atoms with Crippen molar-refractivity contribution in [2.24, 2.45) is 0 Å². The van der Waals surface area contributed by atoms with E-state index in [1.54, 1.807) is 12.1 Å². The van der Waals surface area contributed by atoms with E-state index in [0.717, 1.165) is 42.3 Å². The third-order valence-electron chi connectivity index (χ3n) is 6.90. The van der Waals surface area contributed by atoms with Gasteiger partial charge in [-0.05, 0) is 67.9 Å². The highest BCUT2D eigenvalue weighted by Crippen LogP contribution is 2.21. The van der Waals surface area contributed by atoms with Gasteiger partial charge in [-0.2, -0.15) is 5.10 Å². The summed E-state index contributed by atoms with van der Waals surface area (Å²) in [4.78, 5) is 17.4. The van der Waals surface area contributed by atoms with Gasteiger partial charge in [0, 0.05) is 49.5 Å². The number of hydrogen-bond donors (Lipinski definition) is 0. The first-order chi connectivity index (χ1) is 18.0. The molecular weight excluding hydrogens is 467 g/mol. The summed E-state index contributed by atoms with van der Waals surface area (Å²) in [6.45, 7) is 8.41. The van der Waals surface area contributed by atoms with Crippen molar-refractivity contribution >= 4 is 5.91 Å². The summed E-state index contributed by atoms with van der Waals surface area (Å²) >= 11 is 0. The molecule has 190 valence electrons. The van der Waals surface area contributed by atoms with E-state index in [1.165, 1.54) is 17.7 Å². The van der Waals surface area contributed by atoms with Crippen LogP contribution in [0.3, 0.4) is 0 Å². The summed E-state index contributed by atoms with van der Waals surface area (Å²) in [5.74, 6) is 0.368. The number of rotatable bonds is 7. The zero-order chi connectivity index (χ0) is 25.8. The molecule has 0 unspecified atom stereocenters. The van der Waals surface area contributed by atoms with Crippen LogP contribution in [0.15, 0.2) is 78.9 Å². The van der Waals surface area contributed by atoms with Crippen molar-refractivity contribution in [2.75, 3.05) is 26.2 Å². The third kappa shape index (κ3) is 5.73. The third-order valence-corrected chi connectivity index (χ3v) is 6.90. The van der Waals surface area contributed by atoms with Crippen LogP contribution < -0.4 is 4.74 Å². The van der Waals surface area contributed by atoms with Crippen LogP contribution in [0.1, 0.15) is 32.9 Å². The summed E-state index contributed by atoms with van der Waals surface area (Å²) < 4.78 is 20.7. The zero-order valence-corrected chi connectivity index (χ0v) is 21.2. The van der Waals surface area contributed by atoms with Crippen molar-refractivity contribution in [3.8, 4) is 11.4 Å². The fraction of sp³-hybridized carbons (Fsp3) is 0.267. The summed E-state index contributed by atoms with van der Waals surface area (Å²) in [5, 5.41) is 4.77. The molecule has 1 saturated heterocycles. The monoisotopic (exact) mass is 498 g/mol. The van der Waals surface area contributed by atoms with Crippen LogP contribution in [0.25, 0.3) is 5.69 Å². The van der Waals surface area contributed by atoms with Gasteiger partial charge >= 0.3 is 0 Å². The average molecular weight is 499 g/mol. The van der Waals surface area contributed by atoms with Gasteiger partial charge in [0.25, 0.3) is 5.91 Å². The Balaban J connectivity index is 1.14. The van der Waals surface area contributed by atoms with Crippen LogP contribution in [0.2, 0.25) is 0 Å². The van der Waals surface area contributed by atoms with Crippen LogP contribution in [0.5, 0.6) is 5.75 Å². The van der Waals surface area contributed by atoms with Gasteiger partial charge in [-0.1, -0.05) is 30.3 Å². The van der Waals surface area contributed by atoms with Gasteiger partial charge in [-0.25, -0.2) is 9.07 Å². The molecule has 2 heterocycles. The number of amides is 1. The normalized spacial score (nSPS) is 14.1. The summed E-state index contributed by atoms with van der Waals surface area (Å²) in [6, 6.07) is 23.7. The molecule has 37 heavy (non-hydrogen) atoms. The first kappa shape index (κ1) is 24.7. The number of para-hydroxylation sites is 1. The molecule has 1 aromatic heterocycles. The molecule has 0 spiro atoms. The van der Waals surface area contributed by atoms with Crippen molar-refractivity contribution < 1.29 is 13.9 Å². The van der Waals surface area contributed by atoms with Crippen molar-refractivity contribution in [3.05, 3.63) is 113 Å². The van der Waals surface area contributed by atoms with E-state index in [-0.39, 0.29) is 11.7 Å². The number of benzene rings is 3. The van der Waals surface area contributed by atoms with Gasteiger partial charge in [0.2, 0.25) is 0 Å². The molecule has 1 aliphatic rings. The Hall–Kier alpha value is -3.97. The number of aromatic nitrogens is 2. The Morgan fingerprint density at radius 3 is 2.24 bits per heavy atom. The molecule has 3 aromatic carbocycles. The number of aryl methyl sites for hydroxylation is 1. The maximum Gasteiger partial charge on any atom is 0.253 e. The second kappa shape index (κ2) is 11.0. The molecule has 5 rings (SSSR count). The standard InChI is InChI=1S/C30H31FN4O2/c1-22-29(23(2)35(32-22)27-6-4-3-5-7-27)20-33-16-18-34(19-17-33)30(36)25-10-8-24(9-11-25)21-37-28-14-12-26(31)13-15-28/h3-15H,16-21H2,1-2H3. The lowest BCUT2D eigenvalue weighted by Gasteiger charge is -2.34. The number of piperazine rings is 1. The van der Waals surface area contributed by atoms with E-state index in [4.69, 9.17) is 9.84 Å². The Morgan fingerprint density at radius 1 is 0.892 bits per heavy atom. The highest BCUT2D eigenvalue weighted by Gasteiger charge is 2.24. The molecule has 0 bridgehead atoms. The highest BCUT2D eigenvalue weighted by molar-refractivity contribution is 5.94. The molecular formula is C30H31FN4O2. The first-order valence-corrected chi connectivity index (χ1v) is 12.6. The van der Waals surface area contributed by atoms with Gasteiger partial charge in [0.15, 0.2) is 0 Å². The van der Waals surface area contributed by atoms with E-state index in [9.17, 15) is 9.18 Å². The largest absolute Gasteiger partial charge is 0.489 e. The van der Waals surface area contributed by atoms with E-state index in [1.807, 2.05) is 52.0 Å². The van der Waals surface area contributed by atoms with Gasteiger partial charge in [-0.3, -0.25) is 9.69 Å². The van der Waals surface area contributed by atoms with Crippen molar-refractivity contribution in [3.63, 3.8) is 0 Å². The van der Waals surface area contributed by atoms with E-state index in [2.05, 4.69) is 30.9 Å². The summed E-state index contributed by atoms with van der Waals surface area (Å²) in [6.07, 6.45) is 0. The van der Waals surface area contributed by atoms with Gasteiger partial charge < -0.3 is 9.64 Å². The predicted molar refractivity (Wildman–Crippen MR) is 141 cm³/mol. The minimum atomic E-state index is -0.291. The Morgan fingerprint density at radius 2 is 1.57 bits per heavy atom. The van der Waals surface area contributed by atoms with Crippen LogP contribution in [0.4, 0.5) is 4.39 Å². The number of halogens is 1. The maximum absolute atomic E-state index is 13.1. The van der Waals surface area contributed by atoms with Crippen LogP contribution >= 0.6 is 0 Å². The maximum atomic E-state index is 13.1. The lowest BCUT2D eigenvalue weighted by Crippen LogP contribution is -2.48. The van der Waals surface area contributed by atoms with Crippen LogP contribution in [0, 0.1) is 19.7 Å². The molecule has 0 aliphatic carbocycles. The predicted octanol–water partition coefficient (Wildman–Crippen LogP) is 5.17. The SMILES string of the molecule is Cc1nn(-c2ccccc2)c(C)c1CN1CCN(C(=O)c2ccc(COc3ccc(F)cc3)cc2)CC1. The molecule has 0 atom stereocenters. The van der Waals surface area contributed by atoms with E-state index < -0.39 is 0 Å². The summed E-state index contributed by atoms with van der Waals surface area (Å²) in [7, 11) is 0. The molecule has 0 saturated carbocycles. The molecule has 1 amide bonds. The molecule has 1 aliphatic heterocycles. The van der Waals surface area contributed by atoms with Crippen LogP contribution in [-0.2, 0) is 13.2 Å². The average Bonchev–Trinajstić information content (AvgIpc) is 3.22. The van der Waals surface area contributed by atoms with Crippen molar-refractivity contribution in [2.45, 2.75) is 27.0 Å². The zero-order valence-electron chi connectivity index (χ0n) is 21.2. The van der Waals surface area contributed by atoms with Gasteiger partial charge in [0.05, 0.1) is 11.4 Å². The van der Waals surface area contributed by atoms with Crippen molar-refractivity contribution in [1.82, 2.24) is 19.6 Å². The molecule has 6 nitrogen and oxygen atoms in total. The summed E-state index contributed by atoms with van der Waals surface area (Å²) in [5.41, 5.74) is 6.15. The minimum Gasteiger partial charge on any atom is -0.489 e. The lowest BCUT2D eigenvalue weighted by molar-refractivity contribution is 0.0628. The molecule has 0 N–H and O–H groups in total. The number of carbonyl (C=O) groups is 1. The second-order valence-corrected chi connectivity index (χ2v) is 9.40. The number of hydrogen-bond acceptors (Lipinski definition) is 4. The fourth-order valence-corrected chi connectivity index (χ4v) is 4.68. The van der Waals surface area contributed by atoms with Crippen molar-refractivity contribution in [1.29, 1.82) is 0 Å². The fourth-order valence-electron chi connectivity index (χ4n) is 4.68. The Labute approximate surface area is 216 Å². The quantitative estimate of drug-likeness (QED) is 0.353. The lowest BCUT2D eigenvalue weighted by atomic mass is 10.1. The molecule has 1 fully saturated rings.